The third-order valence-corrected chi connectivity index (χ3v) is 4.05. The third-order valence-electron chi connectivity index (χ3n) is 3.76. The van der Waals surface area contributed by atoms with E-state index in [1.807, 2.05) is 18.2 Å². The van der Waals surface area contributed by atoms with E-state index in [-0.39, 0.29) is 6.04 Å². The first-order chi connectivity index (χ1) is 10.2. The Bertz CT molecular complexity index is 507. The maximum absolute atomic E-state index is 9.52. The van der Waals surface area contributed by atoms with Gasteiger partial charge in [-0.15, -0.1) is 0 Å². The molecule has 0 aliphatic carbocycles. The van der Waals surface area contributed by atoms with Crippen LogP contribution in [0.15, 0.2) is 18.2 Å². The molecule has 2 rings (SSSR count). The molecule has 1 aromatic rings. The van der Waals surface area contributed by atoms with Crippen LogP contribution in [-0.4, -0.2) is 49.6 Å². The second-order valence-corrected chi connectivity index (χ2v) is 5.82. The van der Waals surface area contributed by atoms with Gasteiger partial charge in [0.25, 0.3) is 0 Å². The van der Waals surface area contributed by atoms with Crippen molar-refractivity contribution in [2.75, 3.05) is 39.8 Å². The Morgan fingerprint density at radius 1 is 1.33 bits per heavy atom. The van der Waals surface area contributed by atoms with Crippen LogP contribution in [0, 0.1) is 11.3 Å². The predicted octanol–water partition coefficient (Wildman–Crippen LogP) is 2.94. The maximum atomic E-state index is 9.52. The van der Waals surface area contributed by atoms with Gasteiger partial charge >= 0.3 is 0 Å². The molecule has 1 saturated heterocycles. The van der Waals surface area contributed by atoms with E-state index in [1.54, 1.807) is 0 Å². The molecule has 21 heavy (non-hydrogen) atoms. The van der Waals surface area contributed by atoms with Crippen LogP contribution >= 0.6 is 11.6 Å². The standard InChI is InChI=1S/C16H22ClN3O/c1-3-10-21-16-5-4-13(11-14(16)17)15(12-18)20-8-6-19(2)7-9-20/h4-5,11,15H,3,6-10H2,1-2H3. The molecule has 0 N–H and O–H groups in total. The summed E-state index contributed by atoms with van der Waals surface area (Å²) in [7, 11) is 2.11. The van der Waals surface area contributed by atoms with E-state index >= 15 is 0 Å². The van der Waals surface area contributed by atoms with Gasteiger partial charge in [0.05, 0.1) is 17.7 Å². The van der Waals surface area contributed by atoms with Gasteiger partial charge in [0.2, 0.25) is 0 Å². The number of hydrogen-bond donors (Lipinski definition) is 0. The zero-order valence-corrected chi connectivity index (χ0v) is 13.4. The Kier molecular flexibility index (Phi) is 5.86. The molecule has 0 saturated carbocycles. The molecule has 1 aliphatic heterocycles. The van der Waals surface area contributed by atoms with Crippen LogP contribution in [0.1, 0.15) is 24.9 Å². The van der Waals surface area contributed by atoms with Crippen molar-refractivity contribution in [2.24, 2.45) is 0 Å². The highest BCUT2D eigenvalue weighted by Crippen LogP contribution is 2.30. The minimum Gasteiger partial charge on any atom is -0.492 e. The average molecular weight is 308 g/mol. The van der Waals surface area contributed by atoms with Crippen molar-refractivity contribution in [3.8, 4) is 11.8 Å². The number of halogens is 1. The lowest BCUT2D eigenvalue weighted by atomic mass is 10.1. The first kappa shape index (κ1) is 16.1. The summed E-state index contributed by atoms with van der Waals surface area (Å²) in [6.07, 6.45) is 0.945. The highest BCUT2D eigenvalue weighted by atomic mass is 35.5. The molecule has 0 amide bonds. The van der Waals surface area contributed by atoms with Crippen LogP contribution in [0.3, 0.4) is 0 Å². The Morgan fingerprint density at radius 2 is 2.05 bits per heavy atom. The largest absolute Gasteiger partial charge is 0.492 e. The van der Waals surface area contributed by atoms with E-state index in [0.29, 0.717) is 17.4 Å². The van der Waals surface area contributed by atoms with Gasteiger partial charge in [-0.3, -0.25) is 4.90 Å². The van der Waals surface area contributed by atoms with Gasteiger partial charge in [0.1, 0.15) is 11.8 Å². The van der Waals surface area contributed by atoms with E-state index in [0.717, 1.165) is 38.2 Å². The summed E-state index contributed by atoms with van der Waals surface area (Å²) in [5, 5.41) is 10.1. The molecule has 0 spiro atoms. The lowest BCUT2D eigenvalue weighted by Gasteiger charge is -2.35. The minimum atomic E-state index is -0.239. The quantitative estimate of drug-likeness (QED) is 0.838. The lowest BCUT2D eigenvalue weighted by molar-refractivity contribution is 0.133. The topological polar surface area (TPSA) is 39.5 Å². The summed E-state index contributed by atoms with van der Waals surface area (Å²) in [6.45, 7) is 6.49. The van der Waals surface area contributed by atoms with Crippen LogP contribution in [0.2, 0.25) is 5.02 Å². The van der Waals surface area contributed by atoms with Crippen molar-refractivity contribution < 1.29 is 4.74 Å². The highest BCUT2D eigenvalue weighted by molar-refractivity contribution is 6.32. The molecule has 114 valence electrons. The van der Waals surface area contributed by atoms with Crippen LogP contribution in [0.5, 0.6) is 5.75 Å². The second kappa shape index (κ2) is 7.65. The summed E-state index contributed by atoms with van der Waals surface area (Å²) >= 11 is 6.27. The van der Waals surface area contributed by atoms with Gasteiger partial charge in [-0.25, -0.2) is 0 Å². The van der Waals surface area contributed by atoms with Crippen molar-refractivity contribution in [3.63, 3.8) is 0 Å². The predicted molar refractivity (Wildman–Crippen MR) is 84.7 cm³/mol. The van der Waals surface area contributed by atoms with Crippen LogP contribution < -0.4 is 4.74 Å². The summed E-state index contributed by atoms with van der Waals surface area (Å²) in [5.74, 6) is 0.692. The molecule has 5 heteroatoms. The van der Waals surface area contributed by atoms with Crippen molar-refractivity contribution in [2.45, 2.75) is 19.4 Å². The number of piperazine rings is 1. The second-order valence-electron chi connectivity index (χ2n) is 5.41. The van der Waals surface area contributed by atoms with Gasteiger partial charge in [-0.2, -0.15) is 5.26 Å². The van der Waals surface area contributed by atoms with E-state index in [1.165, 1.54) is 0 Å². The molecule has 1 aliphatic rings. The van der Waals surface area contributed by atoms with Gasteiger partial charge in [-0.1, -0.05) is 24.6 Å². The molecule has 0 aromatic heterocycles. The van der Waals surface area contributed by atoms with Crippen molar-refractivity contribution in [1.82, 2.24) is 9.80 Å². The first-order valence-electron chi connectivity index (χ1n) is 7.40. The van der Waals surface area contributed by atoms with E-state index < -0.39 is 0 Å². The number of benzene rings is 1. The van der Waals surface area contributed by atoms with Crippen molar-refractivity contribution >= 4 is 11.6 Å². The fourth-order valence-corrected chi connectivity index (χ4v) is 2.71. The molecule has 1 atom stereocenters. The molecular formula is C16H22ClN3O. The lowest BCUT2D eigenvalue weighted by Crippen LogP contribution is -2.45. The van der Waals surface area contributed by atoms with Crippen LogP contribution in [0.25, 0.3) is 0 Å². The normalized spacial score (nSPS) is 18.2. The molecule has 1 fully saturated rings. The molecule has 0 bridgehead atoms. The van der Waals surface area contributed by atoms with Crippen molar-refractivity contribution in [3.05, 3.63) is 28.8 Å². The zero-order valence-electron chi connectivity index (χ0n) is 12.7. The smallest absolute Gasteiger partial charge is 0.137 e. The Labute approximate surface area is 131 Å². The Hall–Kier alpha value is -1.28. The fourth-order valence-electron chi connectivity index (χ4n) is 2.46. The molecule has 1 heterocycles. The summed E-state index contributed by atoms with van der Waals surface area (Å²) in [5.41, 5.74) is 0.941. The van der Waals surface area contributed by atoms with E-state index in [9.17, 15) is 5.26 Å². The molecular weight excluding hydrogens is 286 g/mol. The molecule has 4 nitrogen and oxygen atoms in total. The first-order valence-corrected chi connectivity index (χ1v) is 7.78. The number of ether oxygens (including phenoxy) is 1. The van der Waals surface area contributed by atoms with Crippen molar-refractivity contribution in [1.29, 1.82) is 5.26 Å². The van der Waals surface area contributed by atoms with Gasteiger partial charge < -0.3 is 9.64 Å². The highest BCUT2D eigenvalue weighted by Gasteiger charge is 2.24. The third kappa shape index (κ3) is 4.10. The van der Waals surface area contributed by atoms with Crippen LogP contribution in [0.4, 0.5) is 0 Å². The van der Waals surface area contributed by atoms with E-state index in [2.05, 4.69) is 29.8 Å². The molecule has 1 aromatic carbocycles. The molecule has 0 radical (unpaired) electrons. The van der Waals surface area contributed by atoms with Gasteiger partial charge in [0, 0.05) is 26.2 Å². The fraction of sp³-hybridized carbons (Fsp3) is 0.562. The number of rotatable bonds is 5. The number of likely N-dealkylation sites (N-methyl/N-ethyl adjacent to an activating group) is 1. The summed E-state index contributed by atoms with van der Waals surface area (Å²) in [6, 6.07) is 7.84. The van der Waals surface area contributed by atoms with Gasteiger partial charge in [-0.05, 0) is 31.2 Å². The minimum absolute atomic E-state index is 0.239. The summed E-state index contributed by atoms with van der Waals surface area (Å²) in [4.78, 5) is 4.48. The summed E-state index contributed by atoms with van der Waals surface area (Å²) < 4.78 is 5.58. The number of hydrogen-bond acceptors (Lipinski definition) is 4. The zero-order chi connectivity index (χ0) is 15.2. The number of nitriles is 1. The van der Waals surface area contributed by atoms with Gasteiger partial charge in [0.15, 0.2) is 0 Å². The number of nitrogens with zero attached hydrogens (tertiary/aromatic N) is 3. The Morgan fingerprint density at radius 3 is 2.62 bits per heavy atom. The monoisotopic (exact) mass is 307 g/mol. The Balaban J connectivity index is 2.11. The molecule has 1 unspecified atom stereocenters. The average Bonchev–Trinajstić information content (AvgIpc) is 2.49. The maximum Gasteiger partial charge on any atom is 0.137 e. The SMILES string of the molecule is CCCOc1ccc(C(C#N)N2CCN(C)CC2)cc1Cl. The van der Waals surface area contributed by atoms with E-state index in [4.69, 9.17) is 16.3 Å². The van der Waals surface area contributed by atoms with Crippen LogP contribution in [-0.2, 0) is 0 Å².